The Labute approximate surface area is 96.2 Å². The molecule has 5 heteroatoms. The molecule has 0 spiro atoms. The van der Waals surface area contributed by atoms with Crippen molar-refractivity contribution < 1.29 is 8.42 Å². The molecule has 1 atom stereocenters. The van der Waals surface area contributed by atoms with Crippen LogP contribution in [0.5, 0.6) is 0 Å². The average Bonchev–Trinajstić information content (AvgIpc) is 2.67. The lowest BCUT2D eigenvalue weighted by molar-refractivity contribution is 0.327. The van der Waals surface area contributed by atoms with Gasteiger partial charge in [-0.05, 0) is 25.1 Å². The monoisotopic (exact) mass is 240 g/mol. The standard InChI is InChI=1S/C11H16N2O2S/c1-16(14,15)11-5-7-13(9-11)8-10-4-2-3-6-12-10/h2-4,6,11H,5,7-9H2,1H3. The summed E-state index contributed by atoms with van der Waals surface area (Å²) >= 11 is 0. The summed E-state index contributed by atoms with van der Waals surface area (Å²) < 4.78 is 22.8. The molecular weight excluding hydrogens is 224 g/mol. The number of pyridine rings is 1. The molecule has 1 unspecified atom stereocenters. The van der Waals surface area contributed by atoms with Crippen molar-refractivity contribution in [2.24, 2.45) is 0 Å². The summed E-state index contributed by atoms with van der Waals surface area (Å²) in [5.74, 6) is 0. The van der Waals surface area contributed by atoms with Gasteiger partial charge in [-0.2, -0.15) is 0 Å². The third kappa shape index (κ3) is 2.80. The predicted molar refractivity (Wildman–Crippen MR) is 62.8 cm³/mol. The van der Waals surface area contributed by atoms with Gasteiger partial charge in [0, 0.05) is 25.5 Å². The Morgan fingerprint density at radius 3 is 2.88 bits per heavy atom. The fourth-order valence-corrected chi connectivity index (χ4v) is 3.03. The second-order valence-corrected chi connectivity index (χ2v) is 6.62. The van der Waals surface area contributed by atoms with Crippen LogP contribution in [-0.2, 0) is 16.4 Å². The quantitative estimate of drug-likeness (QED) is 0.780. The maximum atomic E-state index is 11.4. The van der Waals surface area contributed by atoms with E-state index >= 15 is 0 Å². The Bertz CT molecular complexity index is 444. The van der Waals surface area contributed by atoms with E-state index in [1.54, 1.807) is 6.20 Å². The first-order chi connectivity index (χ1) is 7.55. The van der Waals surface area contributed by atoms with Crippen molar-refractivity contribution >= 4 is 9.84 Å². The molecule has 2 rings (SSSR count). The molecule has 0 radical (unpaired) electrons. The lowest BCUT2D eigenvalue weighted by Crippen LogP contribution is -2.26. The number of hydrogen-bond donors (Lipinski definition) is 0. The van der Waals surface area contributed by atoms with Crippen LogP contribution >= 0.6 is 0 Å². The second kappa shape index (κ2) is 4.51. The van der Waals surface area contributed by atoms with Gasteiger partial charge in [0.1, 0.15) is 0 Å². The number of aromatic nitrogens is 1. The summed E-state index contributed by atoms with van der Waals surface area (Å²) in [6.45, 7) is 2.22. The first-order valence-electron chi connectivity index (χ1n) is 5.37. The second-order valence-electron chi connectivity index (χ2n) is 4.30. The zero-order valence-electron chi connectivity index (χ0n) is 9.33. The Morgan fingerprint density at radius 2 is 2.31 bits per heavy atom. The van der Waals surface area contributed by atoms with Crippen LogP contribution in [0.1, 0.15) is 12.1 Å². The summed E-state index contributed by atoms with van der Waals surface area (Å²) in [7, 11) is -2.89. The minimum absolute atomic E-state index is 0.198. The van der Waals surface area contributed by atoms with Gasteiger partial charge in [0.25, 0.3) is 0 Å². The Morgan fingerprint density at radius 1 is 1.50 bits per heavy atom. The van der Waals surface area contributed by atoms with E-state index in [4.69, 9.17) is 0 Å². The van der Waals surface area contributed by atoms with Crippen LogP contribution < -0.4 is 0 Å². The fraction of sp³-hybridized carbons (Fsp3) is 0.545. The van der Waals surface area contributed by atoms with Crippen molar-refractivity contribution in [2.45, 2.75) is 18.2 Å². The Balaban J connectivity index is 1.96. The van der Waals surface area contributed by atoms with Gasteiger partial charge in [-0.1, -0.05) is 6.07 Å². The lowest BCUT2D eigenvalue weighted by atomic mass is 10.3. The normalized spacial score (nSPS) is 22.4. The maximum Gasteiger partial charge on any atom is 0.151 e. The van der Waals surface area contributed by atoms with Crippen LogP contribution in [-0.4, -0.2) is 42.9 Å². The molecule has 1 fully saturated rings. The molecule has 0 aromatic carbocycles. The van der Waals surface area contributed by atoms with Crippen molar-refractivity contribution in [1.29, 1.82) is 0 Å². The highest BCUT2D eigenvalue weighted by molar-refractivity contribution is 7.91. The van der Waals surface area contributed by atoms with E-state index in [0.717, 1.165) is 25.2 Å². The maximum absolute atomic E-state index is 11.4. The van der Waals surface area contributed by atoms with Gasteiger partial charge in [0.05, 0.1) is 10.9 Å². The average molecular weight is 240 g/mol. The molecule has 0 bridgehead atoms. The zero-order valence-corrected chi connectivity index (χ0v) is 10.2. The number of hydrogen-bond acceptors (Lipinski definition) is 4. The van der Waals surface area contributed by atoms with Gasteiger partial charge in [-0.25, -0.2) is 8.42 Å². The van der Waals surface area contributed by atoms with Gasteiger partial charge in [-0.15, -0.1) is 0 Å². The summed E-state index contributed by atoms with van der Waals surface area (Å²) in [4.78, 5) is 6.39. The highest BCUT2D eigenvalue weighted by Gasteiger charge is 2.29. The molecule has 0 N–H and O–H groups in total. The first-order valence-corrected chi connectivity index (χ1v) is 7.32. The van der Waals surface area contributed by atoms with Crippen LogP contribution in [0, 0.1) is 0 Å². The van der Waals surface area contributed by atoms with Gasteiger partial charge in [0.15, 0.2) is 9.84 Å². The molecule has 88 valence electrons. The molecule has 1 aliphatic rings. The van der Waals surface area contributed by atoms with Crippen molar-refractivity contribution in [3.05, 3.63) is 30.1 Å². The van der Waals surface area contributed by atoms with Crippen molar-refractivity contribution in [1.82, 2.24) is 9.88 Å². The highest BCUT2D eigenvalue weighted by Crippen LogP contribution is 2.17. The number of likely N-dealkylation sites (tertiary alicyclic amines) is 1. The van der Waals surface area contributed by atoms with E-state index in [0.29, 0.717) is 6.54 Å². The smallest absolute Gasteiger partial charge is 0.151 e. The molecule has 1 saturated heterocycles. The van der Waals surface area contributed by atoms with Crippen molar-refractivity contribution in [3.63, 3.8) is 0 Å². The fourth-order valence-electron chi connectivity index (χ4n) is 2.01. The molecule has 1 aromatic rings. The summed E-state index contributed by atoms with van der Waals surface area (Å²) in [6, 6.07) is 5.80. The largest absolute Gasteiger partial charge is 0.296 e. The Kier molecular flexibility index (Phi) is 3.25. The summed E-state index contributed by atoms with van der Waals surface area (Å²) in [5, 5.41) is -0.198. The first kappa shape index (κ1) is 11.5. The lowest BCUT2D eigenvalue weighted by Gasteiger charge is -2.14. The molecule has 1 aromatic heterocycles. The summed E-state index contributed by atoms with van der Waals surface area (Å²) in [5.41, 5.74) is 0.997. The molecule has 2 heterocycles. The molecule has 0 aliphatic carbocycles. The molecule has 4 nitrogen and oxygen atoms in total. The minimum Gasteiger partial charge on any atom is -0.296 e. The number of nitrogens with zero attached hydrogens (tertiary/aromatic N) is 2. The van der Waals surface area contributed by atoms with E-state index in [1.165, 1.54) is 6.26 Å². The van der Waals surface area contributed by atoms with Gasteiger partial charge in [-0.3, -0.25) is 9.88 Å². The van der Waals surface area contributed by atoms with Crippen LogP contribution in [0.25, 0.3) is 0 Å². The van der Waals surface area contributed by atoms with Gasteiger partial charge in [0.2, 0.25) is 0 Å². The van der Waals surface area contributed by atoms with Gasteiger partial charge < -0.3 is 0 Å². The van der Waals surface area contributed by atoms with Crippen molar-refractivity contribution in [2.75, 3.05) is 19.3 Å². The molecule has 1 aliphatic heterocycles. The van der Waals surface area contributed by atoms with Crippen LogP contribution in [0.4, 0.5) is 0 Å². The van der Waals surface area contributed by atoms with Crippen molar-refractivity contribution in [3.8, 4) is 0 Å². The van der Waals surface area contributed by atoms with E-state index in [9.17, 15) is 8.42 Å². The van der Waals surface area contributed by atoms with E-state index in [-0.39, 0.29) is 5.25 Å². The number of rotatable bonds is 3. The Hall–Kier alpha value is -0.940. The minimum atomic E-state index is -2.89. The van der Waals surface area contributed by atoms with E-state index < -0.39 is 9.84 Å². The van der Waals surface area contributed by atoms with Crippen LogP contribution in [0.2, 0.25) is 0 Å². The molecule has 0 amide bonds. The van der Waals surface area contributed by atoms with Gasteiger partial charge >= 0.3 is 0 Å². The highest BCUT2D eigenvalue weighted by atomic mass is 32.2. The third-order valence-corrected chi connectivity index (χ3v) is 4.54. The summed E-state index contributed by atoms with van der Waals surface area (Å²) in [6.07, 6.45) is 3.83. The van der Waals surface area contributed by atoms with E-state index in [1.807, 2.05) is 18.2 Å². The predicted octanol–water partition coefficient (Wildman–Crippen LogP) is 0.700. The topological polar surface area (TPSA) is 50.3 Å². The molecular formula is C11H16N2O2S. The molecule has 16 heavy (non-hydrogen) atoms. The zero-order chi connectivity index (χ0) is 11.6. The van der Waals surface area contributed by atoms with Crippen LogP contribution in [0.15, 0.2) is 24.4 Å². The third-order valence-electron chi connectivity index (χ3n) is 2.95. The van der Waals surface area contributed by atoms with Crippen LogP contribution in [0.3, 0.4) is 0 Å². The SMILES string of the molecule is CS(=O)(=O)C1CCN(Cc2ccccn2)C1. The van der Waals surface area contributed by atoms with E-state index in [2.05, 4.69) is 9.88 Å². The number of sulfone groups is 1. The molecule has 0 saturated carbocycles.